The van der Waals surface area contributed by atoms with E-state index >= 15 is 0 Å². The third-order valence-corrected chi connectivity index (χ3v) is 7.58. The Morgan fingerprint density at radius 1 is 1.09 bits per heavy atom. The van der Waals surface area contributed by atoms with E-state index in [1.54, 1.807) is 23.5 Å². The van der Waals surface area contributed by atoms with Crippen LogP contribution in [0.5, 0.6) is 5.75 Å². The number of esters is 1. The molecule has 1 aromatic heterocycles. The van der Waals surface area contributed by atoms with E-state index in [1.807, 2.05) is 25.1 Å². The van der Waals surface area contributed by atoms with Crippen molar-refractivity contribution in [1.29, 1.82) is 0 Å². The standard InChI is InChI=1S/C28H35FO3S/c1-5-7-8-22(28-20(4)25-13-11-23(29)18-26(25)33-28)15-16-32-24-12-9-21(19(3)17-24)10-14-27(30)31-6-2/h9,11-13,17-18,22H,5-8,10,14-16H2,1-4H3. The fourth-order valence-electron chi connectivity index (χ4n) is 4.29. The number of carbonyl (C=O) groups is 1. The zero-order chi connectivity index (χ0) is 23.8. The van der Waals surface area contributed by atoms with E-state index in [1.165, 1.54) is 16.9 Å². The van der Waals surface area contributed by atoms with Gasteiger partial charge < -0.3 is 9.47 Å². The first-order chi connectivity index (χ1) is 15.9. The van der Waals surface area contributed by atoms with Crippen molar-refractivity contribution >= 4 is 27.4 Å². The average Bonchev–Trinajstić information content (AvgIpc) is 3.11. The molecule has 178 valence electrons. The van der Waals surface area contributed by atoms with E-state index in [2.05, 4.69) is 26.8 Å². The molecule has 0 fully saturated rings. The Kier molecular flexibility index (Phi) is 9.30. The highest BCUT2D eigenvalue weighted by atomic mass is 32.1. The lowest BCUT2D eigenvalue weighted by Gasteiger charge is -2.17. The first-order valence-electron chi connectivity index (χ1n) is 12.0. The molecule has 0 radical (unpaired) electrons. The summed E-state index contributed by atoms with van der Waals surface area (Å²) in [6.07, 6.45) is 5.44. The van der Waals surface area contributed by atoms with Crippen LogP contribution in [-0.4, -0.2) is 19.2 Å². The van der Waals surface area contributed by atoms with Crippen LogP contribution >= 0.6 is 11.3 Å². The van der Waals surface area contributed by atoms with Crippen LogP contribution in [0.1, 0.15) is 73.4 Å². The third-order valence-electron chi connectivity index (χ3n) is 6.17. The molecule has 33 heavy (non-hydrogen) atoms. The predicted molar refractivity (Wildman–Crippen MR) is 135 cm³/mol. The summed E-state index contributed by atoms with van der Waals surface area (Å²) >= 11 is 1.73. The number of carbonyl (C=O) groups excluding carboxylic acids is 1. The Labute approximate surface area is 200 Å². The molecule has 0 spiro atoms. The van der Waals surface area contributed by atoms with Gasteiger partial charge in [-0.15, -0.1) is 11.3 Å². The van der Waals surface area contributed by atoms with Gasteiger partial charge in [0.15, 0.2) is 0 Å². The maximum absolute atomic E-state index is 13.7. The summed E-state index contributed by atoms with van der Waals surface area (Å²) in [5, 5.41) is 1.16. The highest BCUT2D eigenvalue weighted by Crippen LogP contribution is 2.39. The molecule has 0 bridgehead atoms. The summed E-state index contributed by atoms with van der Waals surface area (Å²) in [5.41, 5.74) is 3.55. The summed E-state index contributed by atoms with van der Waals surface area (Å²) in [5.74, 6) is 0.937. The second-order valence-corrected chi connectivity index (χ2v) is 9.69. The van der Waals surface area contributed by atoms with E-state index in [9.17, 15) is 9.18 Å². The summed E-state index contributed by atoms with van der Waals surface area (Å²) in [7, 11) is 0. The van der Waals surface area contributed by atoms with Crippen molar-refractivity contribution in [3.8, 4) is 5.75 Å². The molecule has 5 heteroatoms. The molecule has 0 saturated heterocycles. The second kappa shape index (κ2) is 12.2. The summed E-state index contributed by atoms with van der Waals surface area (Å²) in [4.78, 5) is 13.0. The van der Waals surface area contributed by atoms with Crippen molar-refractivity contribution in [3.63, 3.8) is 0 Å². The largest absolute Gasteiger partial charge is 0.494 e. The van der Waals surface area contributed by atoms with Gasteiger partial charge in [0.25, 0.3) is 0 Å². The normalized spacial score (nSPS) is 12.2. The van der Waals surface area contributed by atoms with Crippen molar-refractivity contribution in [2.45, 2.75) is 72.1 Å². The van der Waals surface area contributed by atoms with Gasteiger partial charge in [-0.05, 0) is 92.3 Å². The molecular formula is C28H35FO3S. The second-order valence-electron chi connectivity index (χ2n) is 8.60. The Morgan fingerprint density at radius 3 is 2.64 bits per heavy atom. The topological polar surface area (TPSA) is 35.5 Å². The fourth-order valence-corrected chi connectivity index (χ4v) is 5.70. The molecule has 0 aliphatic rings. The molecule has 3 rings (SSSR count). The number of hydrogen-bond donors (Lipinski definition) is 0. The first kappa shape index (κ1) is 25.2. The maximum atomic E-state index is 13.7. The highest BCUT2D eigenvalue weighted by Gasteiger charge is 2.19. The minimum absolute atomic E-state index is 0.158. The number of ether oxygens (including phenoxy) is 2. The number of rotatable bonds is 12. The molecule has 0 aliphatic carbocycles. The van der Waals surface area contributed by atoms with Crippen LogP contribution < -0.4 is 4.74 Å². The number of fused-ring (bicyclic) bond motifs is 1. The Balaban J connectivity index is 1.63. The summed E-state index contributed by atoms with van der Waals surface area (Å²) < 4.78 is 25.9. The van der Waals surface area contributed by atoms with Gasteiger partial charge in [-0.1, -0.05) is 31.9 Å². The van der Waals surface area contributed by atoms with Crippen LogP contribution in [0.25, 0.3) is 10.1 Å². The first-order valence-corrected chi connectivity index (χ1v) is 12.8. The minimum atomic E-state index is -0.176. The molecule has 0 N–H and O–H groups in total. The molecule has 0 aliphatic heterocycles. The number of unbranched alkanes of at least 4 members (excludes halogenated alkanes) is 1. The Morgan fingerprint density at radius 2 is 1.91 bits per heavy atom. The molecule has 1 heterocycles. The summed E-state index contributed by atoms with van der Waals surface area (Å²) in [6.45, 7) is 9.30. The smallest absolute Gasteiger partial charge is 0.306 e. The lowest BCUT2D eigenvalue weighted by molar-refractivity contribution is -0.143. The van der Waals surface area contributed by atoms with E-state index in [4.69, 9.17) is 9.47 Å². The van der Waals surface area contributed by atoms with Crippen LogP contribution in [-0.2, 0) is 16.0 Å². The molecule has 0 saturated carbocycles. The molecule has 3 nitrogen and oxygen atoms in total. The Hall–Kier alpha value is -2.40. The lowest BCUT2D eigenvalue weighted by atomic mass is 9.94. The van der Waals surface area contributed by atoms with Gasteiger partial charge in [-0.3, -0.25) is 4.79 Å². The van der Waals surface area contributed by atoms with Crippen molar-refractivity contribution in [2.75, 3.05) is 13.2 Å². The van der Waals surface area contributed by atoms with Crippen LogP contribution in [0.4, 0.5) is 4.39 Å². The summed E-state index contributed by atoms with van der Waals surface area (Å²) in [6, 6.07) is 11.2. The van der Waals surface area contributed by atoms with Crippen molar-refractivity contribution in [3.05, 3.63) is 63.8 Å². The average molecular weight is 471 g/mol. The van der Waals surface area contributed by atoms with Crippen molar-refractivity contribution < 1.29 is 18.7 Å². The fraction of sp³-hybridized carbons (Fsp3) is 0.464. The van der Waals surface area contributed by atoms with Crippen molar-refractivity contribution in [2.24, 2.45) is 0 Å². The molecule has 1 atom stereocenters. The Bertz CT molecular complexity index is 1070. The van der Waals surface area contributed by atoms with Gasteiger partial charge in [-0.2, -0.15) is 0 Å². The molecule has 2 aromatic carbocycles. The van der Waals surface area contributed by atoms with E-state index in [0.29, 0.717) is 32.0 Å². The monoisotopic (exact) mass is 470 g/mol. The van der Waals surface area contributed by atoms with Gasteiger partial charge in [0, 0.05) is 16.0 Å². The van der Waals surface area contributed by atoms with Gasteiger partial charge in [0.1, 0.15) is 11.6 Å². The third kappa shape index (κ3) is 6.80. The number of thiophene rings is 1. The maximum Gasteiger partial charge on any atom is 0.306 e. The van der Waals surface area contributed by atoms with Crippen LogP contribution in [0.15, 0.2) is 36.4 Å². The van der Waals surface area contributed by atoms with Crippen molar-refractivity contribution in [1.82, 2.24) is 0 Å². The number of hydrogen-bond acceptors (Lipinski definition) is 4. The number of halogens is 1. The van der Waals surface area contributed by atoms with Gasteiger partial charge in [0.05, 0.1) is 13.2 Å². The zero-order valence-corrected chi connectivity index (χ0v) is 21.0. The lowest BCUT2D eigenvalue weighted by Crippen LogP contribution is -2.07. The number of aryl methyl sites for hydroxylation is 3. The quantitative estimate of drug-likeness (QED) is 0.252. The van der Waals surface area contributed by atoms with Crippen LogP contribution in [0, 0.1) is 19.7 Å². The van der Waals surface area contributed by atoms with Gasteiger partial charge in [-0.25, -0.2) is 4.39 Å². The molecule has 1 unspecified atom stereocenters. The minimum Gasteiger partial charge on any atom is -0.494 e. The van der Waals surface area contributed by atoms with E-state index < -0.39 is 0 Å². The highest BCUT2D eigenvalue weighted by molar-refractivity contribution is 7.19. The predicted octanol–water partition coefficient (Wildman–Crippen LogP) is 7.90. The van der Waals surface area contributed by atoms with Crippen LogP contribution in [0.3, 0.4) is 0 Å². The number of benzene rings is 2. The van der Waals surface area contributed by atoms with E-state index in [-0.39, 0.29) is 11.8 Å². The SMILES string of the molecule is CCCCC(CCOc1ccc(CCC(=O)OCC)c(C)c1)c1sc2cc(F)ccc2c1C. The van der Waals surface area contributed by atoms with Crippen LogP contribution in [0.2, 0.25) is 0 Å². The van der Waals surface area contributed by atoms with Gasteiger partial charge in [0.2, 0.25) is 0 Å². The molecule has 0 amide bonds. The molecular weight excluding hydrogens is 435 g/mol. The van der Waals surface area contributed by atoms with E-state index in [0.717, 1.165) is 46.2 Å². The zero-order valence-electron chi connectivity index (χ0n) is 20.2. The molecule has 3 aromatic rings. The van der Waals surface area contributed by atoms with Gasteiger partial charge >= 0.3 is 5.97 Å².